The molecule has 36 heavy (non-hydrogen) atoms. The van der Waals surface area contributed by atoms with Crippen molar-refractivity contribution in [3.05, 3.63) is 101 Å². The quantitative estimate of drug-likeness (QED) is 0.524. The van der Waals surface area contributed by atoms with Crippen LogP contribution in [-0.4, -0.2) is 61.3 Å². The number of hydrogen-bond donors (Lipinski definition) is 1. The van der Waals surface area contributed by atoms with Gasteiger partial charge in [0.25, 0.3) is 11.8 Å². The molecule has 184 valence electrons. The normalized spacial score (nSPS) is 15.9. The highest BCUT2D eigenvalue weighted by atomic mass is 16.2. The number of amides is 3. The van der Waals surface area contributed by atoms with Crippen molar-refractivity contribution in [2.45, 2.75) is 19.0 Å². The molecule has 1 N–H and O–H groups in total. The van der Waals surface area contributed by atoms with Crippen LogP contribution in [0, 0.1) is 0 Å². The lowest BCUT2D eigenvalue weighted by Crippen LogP contribution is -2.44. The summed E-state index contributed by atoms with van der Waals surface area (Å²) in [5.74, 6) is -1.19. The summed E-state index contributed by atoms with van der Waals surface area (Å²) in [4.78, 5) is 43.7. The van der Waals surface area contributed by atoms with Gasteiger partial charge in [-0.05, 0) is 47.4 Å². The predicted octanol–water partition coefficient (Wildman–Crippen LogP) is 3.26. The molecule has 7 heteroatoms. The molecule has 1 atom stereocenters. The van der Waals surface area contributed by atoms with Crippen LogP contribution in [0.25, 0.3) is 0 Å². The average molecular weight is 483 g/mol. The van der Waals surface area contributed by atoms with Crippen LogP contribution in [0.2, 0.25) is 0 Å². The highest BCUT2D eigenvalue weighted by Gasteiger charge is 2.36. The Morgan fingerprint density at radius 3 is 2.14 bits per heavy atom. The molecule has 0 saturated carbocycles. The number of anilines is 1. The zero-order chi connectivity index (χ0) is 25.2. The van der Waals surface area contributed by atoms with Gasteiger partial charge >= 0.3 is 0 Å². The molecule has 0 unspecified atom stereocenters. The van der Waals surface area contributed by atoms with E-state index in [0.29, 0.717) is 17.7 Å². The van der Waals surface area contributed by atoms with Crippen LogP contribution >= 0.6 is 0 Å². The summed E-state index contributed by atoms with van der Waals surface area (Å²) in [6.07, 6.45) is 0.950. The van der Waals surface area contributed by atoms with Gasteiger partial charge in [0.2, 0.25) is 5.91 Å². The van der Waals surface area contributed by atoms with E-state index in [1.54, 1.807) is 24.3 Å². The second-order valence-electron chi connectivity index (χ2n) is 9.54. The van der Waals surface area contributed by atoms with Crippen LogP contribution in [-0.2, 0) is 17.8 Å². The molecule has 7 nitrogen and oxygen atoms in total. The van der Waals surface area contributed by atoms with Gasteiger partial charge in [0, 0.05) is 39.4 Å². The van der Waals surface area contributed by atoms with Gasteiger partial charge < -0.3 is 10.2 Å². The molecule has 3 aromatic carbocycles. The molecule has 0 aromatic heterocycles. The van der Waals surface area contributed by atoms with E-state index >= 15 is 0 Å². The number of nitrogens with zero attached hydrogens (tertiary/aromatic N) is 3. The first-order valence-electron chi connectivity index (χ1n) is 12.2. The Balaban J connectivity index is 1.31. The van der Waals surface area contributed by atoms with E-state index < -0.39 is 11.8 Å². The number of benzene rings is 3. The Morgan fingerprint density at radius 2 is 1.50 bits per heavy atom. The fraction of sp³-hybridized carbons (Fsp3) is 0.276. The summed E-state index contributed by atoms with van der Waals surface area (Å²) in [6, 6.07) is 23.5. The SMILES string of the molecule is CN(C)c1ccc([C@@H](CNC(=O)CN2C(=O)c3ccccc3C2=O)N2CCc3ccccc3C2)cc1. The molecule has 0 bridgehead atoms. The summed E-state index contributed by atoms with van der Waals surface area (Å²) in [5, 5.41) is 3.00. The minimum Gasteiger partial charge on any atom is -0.378 e. The minimum absolute atomic E-state index is 0.0410. The van der Waals surface area contributed by atoms with Crippen LogP contribution in [0.3, 0.4) is 0 Å². The third-order valence-electron chi connectivity index (χ3n) is 7.07. The van der Waals surface area contributed by atoms with Crippen LogP contribution in [0.5, 0.6) is 0 Å². The average Bonchev–Trinajstić information content (AvgIpc) is 3.14. The second-order valence-corrected chi connectivity index (χ2v) is 9.54. The monoisotopic (exact) mass is 482 g/mol. The number of fused-ring (bicyclic) bond motifs is 2. The highest BCUT2D eigenvalue weighted by molar-refractivity contribution is 6.22. The first-order chi connectivity index (χ1) is 17.4. The van der Waals surface area contributed by atoms with Crippen LogP contribution < -0.4 is 10.2 Å². The van der Waals surface area contributed by atoms with Crippen molar-refractivity contribution in [3.8, 4) is 0 Å². The van der Waals surface area contributed by atoms with E-state index in [0.717, 1.165) is 35.7 Å². The molecule has 3 aromatic rings. The van der Waals surface area contributed by atoms with Gasteiger partial charge in [0.1, 0.15) is 6.54 Å². The Bertz CT molecular complexity index is 1270. The Morgan fingerprint density at radius 1 is 0.889 bits per heavy atom. The topological polar surface area (TPSA) is 73.0 Å². The number of nitrogens with one attached hydrogen (secondary N) is 1. The van der Waals surface area contributed by atoms with E-state index in [1.165, 1.54) is 11.1 Å². The van der Waals surface area contributed by atoms with Crippen molar-refractivity contribution in [2.75, 3.05) is 38.6 Å². The highest BCUT2D eigenvalue weighted by Crippen LogP contribution is 2.29. The van der Waals surface area contributed by atoms with Crippen molar-refractivity contribution in [1.29, 1.82) is 0 Å². The third kappa shape index (κ3) is 4.62. The molecule has 3 amide bonds. The number of rotatable bonds is 7. The number of carbonyl (C=O) groups excluding carboxylic acids is 3. The molecule has 0 fully saturated rings. The van der Waals surface area contributed by atoms with Crippen LogP contribution in [0.1, 0.15) is 43.4 Å². The zero-order valence-electron chi connectivity index (χ0n) is 20.6. The van der Waals surface area contributed by atoms with Crippen molar-refractivity contribution in [1.82, 2.24) is 15.1 Å². The van der Waals surface area contributed by atoms with Gasteiger partial charge in [-0.2, -0.15) is 0 Å². The molecule has 2 heterocycles. The van der Waals surface area contributed by atoms with Gasteiger partial charge in [-0.1, -0.05) is 48.5 Å². The minimum atomic E-state index is -0.422. The van der Waals surface area contributed by atoms with E-state index in [1.807, 2.05) is 14.1 Å². The first kappa shape index (κ1) is 23.8. The summed E-state index contributed by atoms with van der Waals surface area (Å²) >= 11 is 0. The maximum atomic E-state index is 12.9. The van der Waals surface area contributed by atoms with Gasteiger partial charge in [-0.25, -0.2) is 0 Å². The molecule has 5 rings (SSSR count). The van der Waals surface area contributed by atoms with Gasteiger partial charge in [-0.3, -0.25) is 24.2 Å². The molecule has 2 aliphatic rings. The van der Waals surface area contributed by atoms with Crippen molar-refractivity contribution in [3.63, 3.8) is 0 Å². The van der Waals surface area contributed by atoms with Gasteiger partial charge in [0.15, 0.2) is 0 Å². The summed E-state index contributed by atoms with van der Waals surface area (Å²) in [7, 11) is 4.01. The fourth-order valence-electron chi connectivity index (χ4n) is 5.03. The van der Waals surface area contributed by atoms with Crippen LogP contribution in [0.4, 0.5) is 5.69 Å². The van der Waals surface area contributed by atoms with Crippen molar-refractivity contribution < 1.29 is 14.4 Å². The molecular weight excluding hydrogens is 452 g/mol. The predicted molar refractivity (Wildman–Crippen MR) is 139 cm³/mol. The largest absolute Gasteiger partial charge is 0.378 e. The Hall–Kier alpha value is -3.97. The van der Waals surface area contributed by atoms with Gasteiger partial charge in [0.05, 0.1) is 17.2 Å². The molecule has 0 radical (unpaired) electrons. The van der Waals surface area contributed by atoms with E-state index in [2.05, 4.69) is 63.6 Å². The van der Waals surface area contributed by atoms with Gasteiger partial charge in [-0.15, -0.1) is 0 Å². The lowest BCUT2D eigenvalue weighted by atomic mass is 9.96. The summed E-state index contributed by atoms with van der Waals surface area (Å²) in [5.41, 5.74) is 5.58. The van der Waals surface area contributed by atoms with Crippen LogP contribution in [0.15, 0.2) is 72.8 Å². The summed E-state index contributed by atoms with van der Waals surface area (Å²) < 4.78 is 0. The van der Waals surface area contributed by atoms with E-state index in [9.17, 15) is 14.4 Å². The lowest BCUT2D eigenvalue weighted by Gasteiger charge is -2.36. The molecule has 0 saturated heterocycles. The van der Waals surface area contributed by atoms with E-state index in [4.69, 9.17) is 0 Å². The number of hydrogen-bond acceptors (Lipinski definition) is 5. The maximum absolute atomic E-state index is 12.9. The first-order valence-corrected chi connectivity index (χ1v) is 12.2. The molecular formula is C29H30N4O3. The summed E-state index contributed by atoms with van der Waals surface area (Å²) in [6.45, 7) is 1.77. The number of imide groups is 1. The third-order valence-corrected chi connectivity index (χ3v) is 7.07. The lowest BCUT2D eigenvalue weighted by molar-refractivity contribution is -0.121. The van der Waals surface area contributed by atoms with Crippen molar-refractivity contribution in [2.24, 2.45) is 0 Å². The number of carbonyl (C=O) groups is 3. The molecule has 0 spiro atoms. The maximum Gasteiger partial charge on any atom is 0.262 e. The molecule has 0 aliphatic carbocycles. The van der Waals surface area contributed by atoms with Crippen molar-refractivity contribution >= 4 is 23.4 Å². The second kappa shape index (κ2) is 9.95. The van der Waals surface area contributed by atoms with E-state index in [-0.39, 0.29) is 18.5 Å². The molecule has 2 aliphatic heterocycles. The Kier molecular flexibility index (Phi) is 6.57. The zero-order valence-corrected chi connectivity index (χ0v) is 20.6. The standard InChI is InChI=1S/C29H30N4O3/c1-31(2)23-13-11-21(12-14-23)26(32-16-15-20-7-3-4-8-22(20)18-32)17-30-27(34)19-33-28(35)24-9-5-6-10-25(24)29(33)36/h3-14,26H,15-19H2,1-2H3,(H,30,34)/t26-/m1/s1. The fourth-order valence-corrected chi connectivity index (χ4v) is 5.03. The smallest absolute Gasteiger partial charge is 0.262 e. The Labute approximate surface area is 211 Å².